The minimum atomic E-state index is -0.669. The van der Waals surface area contributed by atoms with Crippen LogP contribution in [0.1, 0.15) is 24.2 Å². The lowest BCUT2D eigenvalue weighted by atomic mass is 10.1. The van der Waals surface area contributed by atoms with Crippen LogP contribution in [0.3, 0.4) is 0 Å². The number of hydrogen-bond acceptors (Lipinski definition) is 7. The Morgan fingerprint density at radius 1 is 0.935 bits per heavy atom. The van der Waals surface area contributed by atoms with Gasteiger partial charge in [-0.2, -0.15) is 0 Å². The quantitative estimate of drug-likeness (QED) is 0.336. The number of aromatic nitrogens is 1. The van der Waals surface area contributed by atoms with Crippen molar-refractivity contribution in [1.29, 1.82) is 0 Å². The van der Waals surface area contributed by atoms with Crippen LogP contribution in [0.4, 0.5) is 0 Å². The van der Waals surface area contributed by atoms with E-state index in [4.69, 9.17) is 18.9 Å². The molecule has 0 aliphatic heterocycles. The van der Waals surface area contributed by atoms with Crippen LogP contribution in [-0.4, -0.2) is 36.4 Å². The van der Waals surface area contributed by atoms with Gasteiger partial charge in [-0.05, 0) is 47.5 Å². The summed E-state index contributed by atoms with van der Waals surface area (Å²) in [6, 6.07) is 18.9. The van der Waals surface area contributed by atoms with Crippen LogP contribution in [0.5, 0.6) is 17.2 Å². The number of aliphatic hydroxyl groups is 1. The Morgan fingerprint density at radius 3 is 2.32 bits per heavy atom. The summed E-state index contributed by atoms with van der Waals surface area (Å²) >= 11 is 1.46. The maximum absolute atomic E-state index is 10.8. The van der Waals surface area contributed by atoms with Crippen LogP contribution >= 0.6 is 11.8 Å². The lowest BCUT2D eigenvalue weighted by Gasteiger charge is -2.20. The SMILES string of the molecule is COCOc1cccnc1SC(C)C(O)c1ccc(OCc2ccc(OC)cc2)cc1. The van der Waals surface area contributed by atoms with Crippen molar-refractivity contribution >= 4 is 11.8 Å². The van der Waals surface area contributed by atoms with Crippen LogP contribution in [0.25, 0.3) is 0 Å². The Kier molecular flexibility index (Phi) is 8.58. The Morgan fingerprint density at radius 2 is 1.65 bits per heavy atom. The summed E-state index contributed by atoms with van der Waals surface area (Å²) in [7, 11) is 3.21. The molecule has 6 nitrogen and oxygen atoms in total. The number of rotatable bonds is 11. The van der Waals surface area contributed by atoms with E-state index in [-0.39, 0.29) is 12.0 Å². The number of pyridine rings is 1. The third-order valence-corrected chi connectivity index (χ3v) is 5.76. The van der Waals surface area contributed by atoms with Crippen LogP contribution in [0.2, 0.25) is 0 Å². The van der Waals surface area contributed by atoms with Gasteiger partial charge in [0.2, 0.25) is 0 Å². The first-order valence-electron chi connectivity index (χ1n) is 9.88. The van der Waals surface area contributed by atoms with E-state index in [1.807, 2.05) is 61.5 Å². The fraction of sp³-hybridized carbons (Fsp3) is 0.292. The molecule has 3 aromatic rings. The molecule has 31 heavy (non-hydrogen) atoms. The van der Waals surface area contributed by atoms with Gasteiger partial charge < -0.3 is 24.1 Å². The van der Waals surface area contributed by atoms with Crippen molar-refractivity contribution < 1.29 is 24.1 Å². The van der Waals surface area contributed by atoms with E-state index in [2.05, 4.69) is 4.98 Å². The normalized spacial score (nSPS) is 12.8. The van der Waals surface area contributed by atoms with Gasteiger partial charge in [0.1, 0.15) is 23.1 Å². The van der Waals surface area contributed by atoms with Crippen LogP contribution in [0, 0.1) is 0 Å². The smallest absolute Gasteiger partial charge is 0.188 e. The zero-order chi connectivity index (χ0) is 22.1. The average Bonchev–Trinajstić information content (AvgIpc) is 2.82. The van der Waals surface area contributed by atoms with E-state index >= 15 is 0 Å². The molecule has 0 saturated heterocycles. The second-order valence-electron chi connectivity index (χ2n) is 6.83. The lowest BCUT2D eigenvalue weighted by molar-refractivity contribution is 0.0486. The molecule has 2 atom stereocenters. The summed E-state index contributed by atoms with van der Waals surface area (Å²) in [5, 5.41) is 11.4. The number of hydrogen-bond donors (Lipinski definition) is 1. The maximum Gasteiger partial charge on any atom is 0.188 e. The number of ether oxygens (including phenoxy) is 4. The molecule has 0 aliphatic carbocycles. The molecule has 0 spiro atoms. The fourth-order valence-electron chi connectivity index (χ4n) is 2.86. The first kappa shape index (κ1) is 22.9. The van der Waals surface area contributed by atoms with Gasteiger partial charge in [-0.25, -0.2) is 4.98 Å². The van der Waals surface area contributed by atoms with Gasteiger partial charge in [0.25, 0.3) is 0 Å². The zero-order valence-electron chi connectivity index (χ0n) is 17.9. The molecule has 3 rings (SSSR count). The highest BCUT2D eigenvalue weighted by atomic mass is 32.2. The van der Waals surface area contributed by atoms with Gasteiger partial charge in [-0.15, -0.1) is 0 Å². The Balaban J connectivity index is 1.57. The van der Waals surface area contributed by atoms with Crippen molar-refractivity contribution in [3.63, 3.8) is 0 Å². The topological polar surface area (TPSA) is 70.0 Å². The average molecular weight is 442 g/mol. The largest absolute Gasteiger partial charge is 0.497 e. The van der Waals surface area contributed by atoms with Crippen LogP contribution in [0.15, 0.2) is 71.9 Å². The van der Waals surface area contributed by atoms with Gasteiger partial charge in [-0.1, -0.05) is 43.0 Å². The van der Waals surface area contributed by atoms with Gasteiger partial charge in [0.15, 0.2) is 12.5 Å². The van der Waals surface area contributed by atoms with Crippen molar-refractivity contribution in [3.05, 3.63) is 78.0 Å². The highest BCUT2D eigenvalue weighted by Gasteiger charge is 2.20. The number of nitrogens with zero attached hydrogens (tertiary/aromatic N) is 1. The molecular weight excluding hydrogens is 414 g/mol. The van der Waals surface area contributed by atoms with Gasteiger partial charge in [0.05, 0.1) is 13.2 Å². The molecule has 7 heteroatoms. The summed E-state index contributed by atoms with van der Waals surface area (Å²) in [6.45, 7) is 2.56. The molecule has 164 valence electrons. The van der Waals surface area contributed by atoms with E-state index in [0.29, 0.717) is 17.4 Å². The van der Waals surface area contributed by atoms with Gasteiger partial charge >= 0.3 is 0 Å². The molecule has 0 radical (unpaired) electrons. The molecule has 1 heterocycles. The summed E-state index contributed by atoms with van der Waals surface area (Å²) in [5.41, 5.74) is 1.86. The molecule has 1 N–H and O–H groups in total. The molecule has 0 aliphatic rings. The standard InChI is InChI=1S/C24H27NO5S/c1-17(31-24-22(30-16-27-2)5-4-14-25-24)23(26)19-8-12-21(13-9-19)29-15-18-6-10-20(28-3)11-7-18/h4-14,17,23,26H,15-16H2,1-3H3. The lowest BCUT2D eigenvalue weighted by Crippen LogP contribution is -2.12. The van der Waals surface area contributed by atoms with Gasteiger partial charge in [-0.3, -0.25) is 0 Å². The van der Waals surface area contributed by atoms with Crippen LogP contribution in [-0.2, 0) is 11.3 Å². The second-order valence-corrected chi connectivity index (χ2v) is 8.20. The molecule has 0 fully saturated rings. The van der Waals surface area contributed by atoms with Gasteiger partial charge in [0, 0.05) is 18.6 Å². The highest BCUT2D eigenvalue weighted by Crippen LogP contribution is 2.36. The van der Waals surface area contributed by atoms with Crippen molar-refractivity contribution in [2.75, 3.05) is 21.0 Å². The Labute approximate surface area is 187 Å². The van der Waals surface area contributed by atoms with E-state index in [9.17, 15) is 5.11 Å². The molecule has 0 amide bonds. The second kappa shape index (κ2) is 11.6. The first-order chi connectivity index (χ1) is 15.1. The Bertz CT molecular complexity index is 933. The summed E-state index contributed by atoms with van der Waals surface area (Å²) in [5.74, 6) is 2.19. The minimum absolute atomic E-state index is 0.133. The van der Waals surface area contributed by atoms with E-state index in [0.717, 1.165) is 22.6 Å². The summed E-state index contributed by atoms with van der Waals surface area (Å²) in [6.07, 6.45) is 1.04. The molecule has 2 aromatic carbocycles. The predicted octanol–water partition coefficient (Wildman–Crippen LogP) is 4.87. The molecular formula is C24H27NO5S. The number of thioether (sulfide) groups is 1. The summed E-state index contributed by atoms with van der Waals surface area (Å²) in [4.78, 5) is 4.37. The van der Waals surface area contributed by atoms with E-state index in [1.165, 1.54) is 11.8 Å². The third kappa shape index (κ3) is 6.62. The minimum Gasteiger partial charge on any atom is -0.497 e. The van der Waals surface area contributed by atoms with E-state index < -0.39 is 6.10 Å². The molecule has 2 unspecified atom stereocenters. The zero-order valence-corrected chi connectivity index (χ0v) is 18.7. The van der Waals surface area contributed by atoms with Crippen LogP contribution < -0.4 is 14.2 Å². The summed E-state index contributed by atoms with van der Waals surface area (Å²) < 4.78 is 21.5. The molecule has 0 bridgehead atoms. The molecule has 0 saturated carbocycles. The van der Waals surface area contributed by atoms with E-state index in [1.54, 1.807) is 26.5 Å². The van der Waals surface area contributed by atoms with Crippen molar-refractivity contribution in [2.24, 2.45) is 0 Å². The third-order valence-electron chi connectivity index (χ3n) is 4.60. The fourth-order valence-corrected chi connectivity index (χ4v) is 3.86. The maximum atomic E-state index is 10.8. The highest BCUT2D eigenvalue weighted by molar-refractivity contribution is 8.00. The van der Waals surface area contributed by atoms with Crippen molar-refractivity contribution in [2.45, 2.75) is 29.9 Å². The number of methoxy groups -OCH3 is 2. The molecule has 1 aromatic heterocycles. The van der Waals surface area contributed by atoms with Crippen molar-refractivity contribution in [3.8, 4) is 17.2 Å². The Hall–Kier alpha value is -2.74. The van der Waals surface area contributed by atoms with Crippen molar-refractivity contribution in [1.82, 2.24) is 4.98 Å². The number of benzene rings is 2. The first-order valence-corrected chi connectivity index (χ1v) is 10.8. The monoisotopic (exact) mass is 441 g/mol. The predicted molar refractivity (Wildman–Crippen MR) is 121 cm³/mol. The number of aliphatic hydroxyl groups excluding tert-OH is 1.